The maximum absolute atomic E-state index is 13.6. The zero-order valence-electron chi connectivity index (χ0n) is 18.0. The fraction of sp³-hybridized carbons (Fsp3) is 0.154. The van der Waals surface area contributed by atoms with Crippen LogP contribution in [-0.4, -0.2) is 22.5 Å². The molecule has 1 amide bonds. The molecule has 3 aromatic carbocycles. The zero-order valence-corrected chi connectivity index (χ0v) is 18.8. The van der Waals surface area contributed by atoms with Gasteiger partial charge in [0.05, 0.1) is 12.0 Å². The summed E-state index contributed by atoms with van der Waals surface area (Å²) in [6.07, 6.45) is 4.24. The number of ether oxygens (including phenoxy) is 1. The second kappa shape index (κ2) is 9.83. The van der Waals surface area contributed by atoms with Gasteiger partial charge in [0, 0.05) is 28.8 Å². The topological polar surface area (TPSA) is 41.3 Å². The predicted molar refractivity (Wildman–Crippen MR) is 128 cm³/mol. The SMILES string of the molecule is CCSc1ccc(CC(=O)Nc2ccc([N+]3=CC(C)=C3)c(Oc3cccc(F)c3)c2)cc1. The van der Waals surface area contributed by atoms with E-state index in [1.54, 1.807) is 30.0 Å². The van der Waals surface area contributed by atoms with Crippen molar-refractivity contribution in [2.75, 3.05) is 11.1 Å². The lowest BCUT2D eigenvalue weighted by molar-refractivity contribution is -0.368. The molecule has 0 bridgehead atoms. The molecule has 0 saturated carbocycles. The Kier molecular flexibility index (Phi) is 6.71. The highest BCUT2D eigenvalue weighted by molar-refractivity contribution is 7.99. The van der Waals surface area contributed by atoms with E-state index >= 15 is 0 Å². The van der Waals surface area contributed by atoms with E-state index in [1.165, 1.54) is 17.0 Å². The molecule has 3 aromatic rings. The highest BCUT2D eigenvalue weighted by Crippen LogP contribution is 2.36. The minimum atomic E-state index is -0.372. The molecule has 1 aliphatic heterocycles. The van der Waals surface area contributed by atoms with E-state index in [1.807, 2.05) is 60.3 Å². The molecule has 0 radical (unpaired) electrons. The number of carbonyl (C=O) groups excluding carboxylic acids is 1. The summed E-state index contributed by atoms with van der Waals surface area (Å²) in [5, 5.41) is 2.94. The predicted octanol–water partition coefficient (Wildman–Crippen LogP) is 6.54. The molecule has 4 rings (SSSR count). The van der Waals surface area contributed by atoms with E-state index in [0.29, 0.717) is 17.2 Å². The summed E-state index contributed by atoms with van der Waals surface area (Å²) in [5.41, 5.74) is 3.51. The molecular weight excluding hydrogens is 423 g/mol. The summed E-state index contributed by atoms with van der Waals surface area (Å²) in [4.78, 5) is 13.8. The Hall–Kier alpha value is -3.38. The molecule has 4 nitrogen and oxygen atoms in total. The molecule has 32 heavy (non-hydrogen) atoms. The molecule has 0 aliphatic carbocycles. The van der Waals surface area contributed by atoms with Crippen LogP contribution >= 0.6 is 11.8 Å². The lowest BCUT2D eigenvalue weighted by Crippen LogP contribution is -2.15. The van der Waals surface area contributed by atoms with Crippen molar-refractivity contribution in [2.24, 2.45) is 0 Å². The van der Waals surface area contributed by atoms with Crippen LogP contribution in [0.2, 0.25) is 0 Å². The van der Waals surface area contributed by atoms with Gasteiger partial charge in [-0.3, -0.25) is 4.79 Å². The number of nitrogens with zero attached hydrogens (tertiary/aromatic N) is 1. The molecule has 0 fully saturated rings. The first-order valence-corrected chi connectivity index (χ1v) is 11.4. The lowest BCUT2D eigenvalue weighted by Gasteiger charge is -2.13. The number of carbonyl (C=O) groups is 1. The first-order valence-electron chi connectivity index (χ1n) is 10.4. The molecule has 0 saturated heterocycles. The van der Waals surface area contributed by atoms with Crippen molar-refractivity contribution < 1.29 is 18.5 Å². The number of allylic oxidation sites excluding steroid dienone is 1. The number of thioether (sulfide) groups is 1. The fourth-order valence-electron chi connectivity index (χ4n) is 3.37. The average molecular weight is 448 g/mol. The Morgan fingerprint density at radius 2 is 1.88 bits per heavy atom. The van der Waals surface area contributed by atoms with Crippen LogP contribution < -0.4 is 10.1 Å². The quantitative estimate of drug-likeness (QED) is 0.315. The Morgan fingerprint density at radius 3 is 2.56 bits per heavy atom. The third-order valence-electron chi connectivity index (χ3n) is 4.83. The molecule has 1 heterocycles. The monoisotopic (exact) mass is 447 g/mol. The molecule has 1 aliphatic rings. The number of rotatable bonds is 8. The van der Waals surface area contributed by atoms with Crippen LogP contribution in [0.4, 0.5) is 15.8 Å². The summed E-state index contributed by atoms with van der Waals surface area (Å²) >= 11 is 1.77. The van der Waals surface area contributed by atoms with Crippen molar-refractivity contribution in [2.45, 2.75) is 25.2 Å². The summed E-state index contributed by atoms with van der Waals surface area (Å²) in [5.74, 6) is 1.44. The minimum Gasteiger partial charge on any atom is -0.450 e. The van der Waals surface area contributed by atoms with Crippen LogP contribution in [0.25, 0.3) is 0 Å². The van der Waals surface area contributed by atoms with E-state index in [2.05, 4.69) is 12.2 Å². The highest BCUT2D eigenvalue weighted by Gasteiger charge is 2.22. The molecule has 0 unspecified atom stereocenters. The Bertz CT molecular complexity index is 1200. The summed E-state index contributed by atoms with van der Waals surface area (Å²) < 4.78 is 21.5. The van der Waals surface area contributed by atoms with Crippen LogP contribution in [-0.2, 0) is 11.2 Å². The normalized spacial score (nSPS) is 12.5. The molecule has 162 valence electrons. The largest absolute Gasteiger partial charge is 0.450 e. The van der Waals surface area contributed by atoms with E-state index in [-0.39, 0.29) is 18.1 Å². The standard InChI is InChI=1S/C26H23FN2O2S/c1-3-32-23-10-7-19(8-11-23)13-26(30)28-21-9-12-24(29-16-18(2)17-29)25(15-21)31-22-6-4-5-20(27)14-22/h4-12,14-17H,3,13H2,1-2H3/p+1. The second-order valence-electron chi connectivity index (χ2n) is 7.45. The van der Waals surface area contributed by atoms with Gasteiger partial charge in [-0.05, 0) is 48.6 Å². The maximum Gasteiger partial charge on any atom is 0.253 e. The molecule has 0 aromatic heterocycles. The molecule has 1 N–H and O–H groups in total. The van der Waals surface area contributed by atoms with E-state index in [9.17, 15) is 9.18 Å². The van der Waals surface area contributed by atoms with Gasteiger partial charge >= 0.3 is 0 Å². The van der Waals surface area contributed by atoms with Crippen molar-refractivity contribution in [3.8, 4) is 11.5 Å². The third-order valence-corrected chi connectivity index (χ3v) is 5.72. The van der Waals surface area contributed by atoms with Gasteiger partial charge < -0.3 is 10.1 Å². The van der Waals surface area contributed by atoms with Crippen molar-refractivity contribution >= 4 is 35.3 Å². The van der Waals surface area contributed by atoms with E-state index in [0.717, 1.165) is 22.6 Å². The Morgan fingerprint density at radius 1 is 1.09 bits per heavy atom. The summed E-state index contributed by atoms with van der Waals surface area (Å²) in [7, 11) is 0. The maximum atomic E-state index is 13.6. The number of hydrogen-bond donors (Lipinski definition) is 1. The van der Waals surface area contributed by atoms with Gasteiger partial charge in [0.15, 0.2) is 12.4 Å². The average Bonchev–Trinajstić information content (AvgIpc) is 2.74. The van der Waals surface area contributed by atoms with Crippen molar-refractivity contribution in [3.05, 3.63) is 89.9 Å². The number of amides is 1. The van der Waals surface area contributed by atoms with Gasteiger partial charge in [-0.25, -0.2) is 4.39 Å². The summed E-state index contributed by atoms with van der Waals surface area (Å²) in [6, 6.07) is 19.5. The van der Waals surface area contributed by atoms with Gasteiger partial charge in [0.2, 0.25) is 11.7 Å². The Labute approximate surface area is 191 Å². The van der Waals surface area contributed by atoms with E-state index in [4.69, 9.17) is 4.74 Å². The number of nitrogens with one attached hydrogen (secondary N) is 1. The van der Waals surface area contributed by atoms with Gasteiger partial charge in [-0.1, -0.05) is 25.1 Å². The van der Waals surface area contributed by atoms with Gasteiger partial charge in [0.25, 0.3) is 5.69 Å². The number of anilines is 1. The molecule has 0 spiro atoms. The molecule has 6 heteroatoms. The van der Waals surface area contributed by atoms with Crippen molar-refractivity contribution in [1.82, 2.24) is 0 Å². The lowest BCUT2D eigenvalue weighted by atomic mass is 10.1. The molecular formula is C26H24FN2O2S+. The first-order chi connectivity index (χ1) is 15.5. The van der Waals surface area contributed by atoms with Crippen molar-refractivity contribution in [3.63, 3.8) is 0 Å². The van der Waals surface area contributed by atoms with Crippen molar-refractivity contribution in [1.29, 1.82) is 0 Å². The first kappa shape index (κ1) is 21.8. The van der Waals surface area contributed by atoms with Crippen LogP contribution in [0.3, 0.4) is 0 Å². The number of hydrogen-bond acceptors (Lipinski definition) is 3. The van der Waals surface area contributed by atoms with E-state index < -0.39 is 0 Å². The van der Waals surface area contributed by atoms with Crippen LogP contribution in [0.5, 0.6) is 11.5 Å². The number of benzene rings is 3. The van der Waals surface area contributed by atoms with Gasteiger partial charge in [-0.2, -0.15) is 4.58 Å². The van der Waals surface area contributed by atoms with Crippen LogP contribution in [0.15, 0.2) is 83.4 Å². The zero-order chi connectivity index (χ0) is 22.5. The van der Waals surface area contributed by atoms with Crippen LogP contribution in [0.1, 0.15) is 19.4 Å². The van der Waals surface area contributed by atoms with Crippen LogP contribution in [0, 0.1) is 5.82 Å². The Balaban J connectivity index is 1.51. The smallest absolute Gasteiger partial charge is 0.253 e. The highest BCUT2D eigenvalue weighted by atomic mass is 32.2. The van der Waals surface area contributed by atoms with Gasteiger partial charge in [0.1, 0.15) is 11.6 Å². The minimum absolute atomic E-state index is 0.114. The molecule has 0 atom stereocenters. The summed E-state index contributed by atoms with van der Waals surface area (Å²) in [6.45, 7) is 4.12. The second-order valence-corrected chi connectivity index (χ2v) is 8.79. The number of halogens is 1. The van der Waals surface area contributed by atoms with Gasteiger partial charge in [-0.15, -0.1) is 11.8 Å². The third kappa shape index (κ3) is 5.45. The fourth-order valence-corrected chi connectivity index (χ4v) is 4.03.